The zero-order valence-electron chi connectivity index (χ0n) is 15.8. The number of anilines is 1. The van der Waals surface area contributed by atoms with Crippen molar-refractivity contribution in [1.29, 1.82) is 5.26 Å². The zero-order chi connectivity index (χ0) is 19.5. The minimum Gasteiger partial charge on any atom is -0.293 e. The molecule has 0 bridgehead atoms. The van der Waals surface area contributed by atoms with E-state index in [1.807, 2.05) is 38.2 Å². The highest BCUT2D eigenvalue weighted by molar-refractivity contribution is 6.04. The number of hydrogen-bond donors (Lipinski definition) is 0. The van der Waals surface area contributed by atoms with Crippen LogP contribution in [-0.4, -0.2) is 32.0 Å². The van der Waals surface area contributed by atoms with Crippen LogP contribution < -0.4 is 4.90 Å². The molecule has 1 saturated carbocycles. The van der Waals surface area contributed by atoms with E-state index in [2.05, 4.69) is 16.2 Å². The molecule has 3 aromatic rings. The summed E-state index contributed by atoms with van der Waals surface area (Å²) in [6, 6.07) is 8.09. The number of fused-ring (bicyclic) bond motifs is 1. The molecule has 0 N–H and O–H groups in total. The summed E-state index contributed by atoms with van der Waals surface area (Å²) in [4.78, 5) is 24.2. The van der Waals surface area contributed by atoms with Crippen LogP contribution in [0.25, 0.3) is 16.8 Å². The van der Waals surface area contributed by atoms with Crippen molar-refractivity contribution in [1.82, 2.24) is 19.6 Å². The van der Waals surface area contributed by atoms with Crippen molar-refractivity contribution in [3.8, 4) is 17.3 Å². The summed E-state index contributed by atoms with van der Waals surface area (Å²) in [6.07, 6.45) is 7.20. The second-order valence-electron chi connectivity index (χ2n) is 7.87. The topological polar surface area (TPSA) is 87.2 Å². The van der Waals surface area contributed by atoms with Gasteiger partial charge in [-0.3, -0.25) is 14.7 Å². The van der Waals surface area contributed by atoms with Gasteiger partial charge >= 0.3 is 0 Å². The lowest BCUT2D eigenvalue weighted by Gasteiger charge is -2.23. The van der Waals surface area contributed by atoms with Crippen molar-refractivity contribution in [3.63, 3.8) is 0 Å². The van der Waals surface area contributed by atoms with Gasteiger partial charge in [0.15, 0.2) is 5.82 Å². The zero-order valence-corrected chi connectivity index (χ0v) is 15.8. The molecule has 7 heteroatoms. The van der Waals surface area contributed by atoms with Crippen LogP contribution in [0.4, 0.5) is 5.82 Å². The Kier molecular flexibility index (Phi) is 3.53. The molecule has 1 aliphatic heterocycles. The summed E-state index contributed by atoms with van der Waals surface area (Å²) in [7, 11) is 0. The minimum absolute atomic E-state index is 0.0332. The molecule has 2 fully saturated rings. The van der Waals surface area contributed by atoms with Gasteiger partial charge in [-0.1, -0.05) is 6.92 Å². The number of rotatable bonds is 3. The summed E-state index contributed by atoms with van der Waals surface area (Å²) in [5.74, 6) is 0.578. The Bertz CT molecular complexity index is 1140. The maximum absolute atomic E-state index is 13.4. The van der Waals surface area contributed by atoms with Gasteiger partial charge in [-0.15, -0.1) is 0 Å². The number of hydrogen-bond acceptors (Lipinski definition) is 5. The lowest BCUT2D eigenvalue weighted by Crippen LogP contribution is -2.37. The molecule has 2 atom stereocenters. The fourth-order valence-electron chi connectivity index (χ4n) is 4.44. The molecular formula is C21H20N6O. The van der Waals surface area contributed by atoms with E-state index in [9.17, 15) is 10.1 Å². The number of aromatic nitrogens is 4. The summed E-state index contributed by atoms with van der Waals surface area (Å²) in [5.41, 5.74) is 2.36. The van der Waals surface area contributed by atoms with E-state index in [0.717, 1.165) is 35.3 Å². The Morgan fingerprint density at radius 2 is 2.11 bits per heavy atom. The van der Waals surface area contributed by atoms with Crippen LogP contribution in [0.2, 0.25) is 0 Å². The average molecular weight is 372 g/mol. The Hall–Kier alpha value is -3.27. The van der Waals surface area contributed by atoms with Gasteiger partial charge in [0.2, 0.25) is 5.91 Å². The Labute approximate surface area is 162 Å². The van der Waals surface area contributed by atoms with Gasteiger partial charge in [0.25, 0.3) is 0 Å². The molecule has 1 saturated heterocycles. The number of amides is 1. The molecule has 1 aliphatic carbocycles. The van der Waals surface area contributed by atoms with Crippen molar-refractivity contribution in [2.24, 2.45) is 17.3 Å². The molecule has 0 aromatic carbocycles. The maximum Gasteiger partial charge on any atom is 0.249 e. The molecule has 3 aromatic heterocycles. The van der Waals surface area contributed by atoms with Crippen molar-refractivity contribution in [2.75, 3.05) is 11.4 Å². The van der Waals surface area contributed by atoms with Crippen LogP contribution in [0.1, 0.15) is 25.5 Å². The first-order chi connectivity index (χ1) is 13.5. The Morgan fingerprint density at radius 3 is 2.82 bits per heavy atom. The Morgan fingerprint density at radius 1 is 1.29 bits per heavy atom. The van der Waals surface area contributed by atoms with Crippen molar-refractivity contribution in [2.45, 2.75) is 26.7 Å². The maximum atomic E-state index is 13.4. The average Bonchev–Trinajstić information content (AvgIpc) is 3.36. The number of carbonyl (C=O) groups is 1. The third-order valence-corrected chi connectivity index (χ3v) is 6.06. The molecular weight excluding hydrogens is 352 g/mol. The molecule has 2 aliphatic rings. The lowest BCUT2D eigenvalue weighted by atomic mass is 9.75. The van der Waals surface area contributed by atoms with E-state index >= 15 is 0 Å². The quantitative estimate of drug-likeness (QED) is 0.705. The summed E-state index contributed by atoms with van der Waals surface area (Å²) < 4.78 is 1.74. The molecule has 1 amide bonds. The summed E-state index contributed by atoms with van der Waals surface area (Å²) in [6.45, 7) is 4.43. The summed E-state index contributed by atoms with van der Waals surface area (Å²) in [5, 5.41) is 14.3. The van der Waals surface area contributed by atoms with Crippen LogP contribution in [0, 0.1) is 35.5 Å². The van der Waals surface area contributed by atoms with E-state index in [1.54, 1.807) is 21.8 Å². The van der Waals surface area contributed by atoms with Crippen molar-refractivity contribution < 1.29 is 4.79 Å². The largest absolute Gasteiger partial charge is 0.293 e. The van der Waals surface area contributed by atoms with E-state index in [4.69, 9.17) is 4.98 Å². The Balaban J connectivity index is 1.66. The highest BCUT2D eigenvalue weighted by Crippen LogP contribution is 2.54. The summed E-state index contributed by atoms with van der Waals surface area (Å²) >= 11 is 0. The number of aryl methyl sites for hydroxylation is 1. The highest BCUT2D eigenvalue weighted by Gasteiger charge is 2.61. The van der Waals surface area contributed by atoms with Gasteiger partial charge in [-0.05, 0) is 43.9 Å². The highest BCUT2D eigenvalue weighted by atomic mass is 16.2. The van der Waals surface area contributed by atoms with Gasteiger partial charge in [0.05, 0.1) is 24.2 Å². The fraction of sp³-hybridized carbons (Fsp3) is 0.381. The van der Waals surface area contributed by atoms with Gasteiger partial charge in [-0.2, -0.15) is 10.4 Å². The van der Waals surface area contributed by atoms with E-state index in [1.165, 1.54) is 0 Å². The predicted octanol–water partition coefficient (Wildman–Crippen LogP) is 3.00. The van der Waals surface area contributed by atoms with Gasteiger partial charge in [0.1, 0.15) is 10.9 Å². The van der Waals surface area contributed by atoms with E-state index < -0.39 is 5.41 Å². The molecule has 0 spiro atoms. The minimum atomic E-state index is -0.929. The molecule has 5 rings (SSSR count). The second kappa shape index (κ2) is 5.86. The van der Waals surface area contributed by atoms with Crippen LogP contribution >= 0.6 is 0 Å². The molecule has 0 unspecified atom stereocenters. The molecule has 4 heterocycles. The monoisotopic (exact) mass is 372 g/mol. The van der Waals surface area contributed by atoms with Crippen LogP contribution in [-0.2, 0) is 4.79 Å². The predicted molar refractivity (Wildman–Crippen MR) is 103 cm³/mol. The third kappa shape index (κ3) is 2.27. The molecule has 7 nitrogen and oxygen atoms in total. The molecule has 140 valence electrons. The first-order valence-electron chi connectivity index (χ1n) is 9.55. The normalized spacial score (nSPS) is 24.7. The van der Waals surface area contributed by atoms with Crippen LogP contribution in [0.15, 0.2) is 36.8 Å². The lowest BCUT2D eigenvalue weighted by molar-refractivity contribution is -0.124. The van der Waals surface area contributed by atoms with Gasteiger partial charge in [0, 0.05) is 29.9 Å². The van der Waals surface area contributed by atoms with Crippen LogP contribution in [0.3, 0.4) is 0 Å². The number of nitrogens with zero attached hydrogens (tertiary/aromatic N) is 6. The molecule has 28 heavy (non-hydrogen) atoms. The van der Waals surface area contributed by atoms with Crippen LogP contribution in [0.5, 0.6) is 0 Å². The number of nitriles is 1. The first kappa shape index (κ1) is 16.9. The fourth-order valence-corrected chi connectivity index (χ4v) is 4.44. The van der Waals surface area contributed by atoms with E-state index in [-0.39, 0.29) is 17.7 Å². The van der Waals surface area contributed by atoms with Crippen molar-refractivity contribution in [3.05, 3.63) is 42.5 Å². The number of pyridine rings is 1. The smallest absolute Gasteiger partial charge is 0.249 e. The number of carbonyl (C=O) groups excluding carboxylic acids is 1. The van der Waals surface area contributed by atoms with Crippen molar-refractivity contribution >= 4 is 17.2 Å². The third-order valence-electron chi connectivity index (χ3n) is 6.06. The van der Waals surface area contributed by atoms with E-state index in [0.29, 0.717) is 12.4 Å². The van der Waals surface area contributed by atoms with Gasteiger partial charge < -0.3 is 0 Å². The SMILES string of the molecule is Cc1cc(-c2cn3nccc3c(N3C[C@@H](C)[C@@](C#N)(C4CC4)C3=O)n2)ccn1. The second-order valence-corrected chi connectivity index (χ2v) is 7.87. The standard InChI is InChI=1S/C21H20N6O/c1-13-10-26(20(28)21(13,12-22)16-3-4-16)19-18-6-8-24-27(18)11-17(25-19)15-5-7-23-14(2)9-15/h5-9,11,13,16H,3-4,10H2,1-2H3/t13-,21+/m1/s1. The molecule has 0 radical (unpaired) electrons. The first-order valence-corrected chi connectivity index (χ1v) is 9.55. The van der Waals surface area contributed by atoms with Gasteiger partial charge in [-0.25, -0.2) is 9.50 Å².